The van der Waals surface area contributed by atoms with Gasteiger partial charge >= 0.3 is 5.97 Å². The van der Waals surface area contributed by atoms with Crippen molar-refractivity contribution in [2.75, 3.05) is 37.1 Å². The van der Waals surface area contributed by atoms with E-state index in [0.717, 1.165) is 5.56 Å². The zero-order valence-electron chi connectivity index (χ0n) is 18.0. The van der Waals surface area contributed by atoms with Crippen molar-refractivity contribution >= 4 is 35.2 Å². The maximum absolute atomic E-state index is 12.5. The second kappa shape index (κ2) is 12.1. The van der Waals surface area contributed by atoms with Crippen LogP contribution in [0.5, 0.6) is 5.75 Å². The van der Waals surface area contributed by atoms with Crippen molar-refractivity contribution in [2.24, 2.45) is 0 Å². The van der Waals surface area contributed by atoms with Crippen LogP contribution in [-0.2, 0) is 19.1 Å². The first-order valence-corrected chi connectivity index (χ1v) is 9.90. The molecule has 0 aliphatic heterocycles. The van der Waals surface area contributed by atoms with Crippen LogP contribution >= 0.6 is 0 Å². The summed E-state index contributed by atoms with van der Waals surface area (Å²) in [5, 5.41) is 12.0. The Hall–Kier alpha value is -3.91. The van der Waals surface area contributed by atoms with Crippen LogP contribution in [0.3, 0.4) is 0 Å². The lowest BCUT2D eigenvalue weighted by Gasteiger charge is -2.21. The Kier molecular flexibility index (Phi) is 9.19. The third kappa shape index (κ3) is 7.10. The van der Waals surface area contributed by atoms with Gasteiger partial charge in [0, 0.05) is 18.8 Å². The number of benzene rings is 2. The molecule has 0 heterocycles. The number of rotatable bonds is 10. The molecule has 2 amide bonds. The minimum Gasteiger partial charge on any atom is -0.508 e. The van der Waals surface area contributed by atoms with E-state index < -0.39 is 11.9 Å². The van der Waals surface area contributed by atoms with Crippen LogP contribution < -0.4 is 10.2 Å². The topological polar surface area (TPSA) is 105 Å². The Bertz CT molecular complexity index is 998. The molecule has 0 radical (unpaired) electrons. The fourth-order valence-corrected chi connectivity index (χ4v) is 2.67. The molecule has 168 valence electrons. The van der Waals surface area contributed by atoms with Gasteiger partial charge in [0.1, 0.15) is 12.4 Å². The Labute approximate surface area is 186 Å². The molecule has 0 aliphatic rings. The first-order valence-electron chi connectivity index (χ1n) is 9.90. The minimum absolute atomic E-state index is 0.134. The molecule has 0 saturated carbocycles. The standard InChI is InChI=1S/C24H26N2O6/c1-4-14-31-16-23(29)26(3)21-15-18(9-12-20(21)24(30)32-5-2)25-22(28)13-8-17-6-10-19(27)11-7-17/h4,6-13,15,27H,1,5,14,16H2,2-3H3,(H,25,28). The Balaban J connectivity index is 2.22. The fraction of sp³-hybridized carbons (Fsp3) is 0.208. The Morgan fingerprint density at radius 1 is 1.16 bits per heavy atom. The molecule has 32 heavy (non-hydrogen) atoms. The number of hydrogen-bond acceptors (Lipinski definition) is 6. The summed E-state index contributed by atoms with van der Waals surface area (Å²) in [7, 11) is 1.51. The van der Waals surface area contributed by atoms with Crippen molar-refractivity contribution in [3.05, 3.63) is 72.3 Å². The van der Waals surface area contributed by atoms with E-state index in [9.17, 15) is 19.5 Å². The van der Waals surface area contributed by atoms with Crippen LogP contribution in [0.2, 0.25) is 0 Å². The minimum atomic E-state index is -0.584. The highest BCUT2D eigenvalue weighted by molar-refractivity contribution is 6.06. The summed E-state index contributed by atoms with van der Waals surface area (Å²) in [6.07, 6.45) is 4.46. The summed E-state index contributed by atoms with van der Waals surface area (Å²) in [4.78, 5) is 38.4. The molecule has 0 atom stereocenters. The van der Waals surface area contributed by atoms with Gasteiger partial charge in [-0.05, 0) is 48.9 Å². The third-order valence-corrected chi connectivity index (χ3v) is 4.28. The highest BCUT2D eigenvalue weighted by Crippen LogP contribution is 2.25. The number of amides is 2. The van der Waals surface area contributed by atoms with E-state index in [4.69, 9.17) is 9.47 Å². The molecule has 0 aliphatic carbocycles. The number of nitrogens with zero attached hydrogens (tertiary/aromatic N) is 1. The predicted molar refractivity (Wildman–Crippen MR) is 123 cm³/mol. The lowest BCUT2D eigenvalue weighted by molar-refractivity contribution is -0.122. The summed E-state index contributed by atoms with van der Waals surface area (Å²) < 4.78 is 10.3. The van der Waals surface area contributed by atoms with Crippen molar-refractivity contribution in [1.29, 1.82) is 0 Å². The molecule has 0 bridgehead atoms. The predicted octanol–water partition coefficient (Wildman–Crippen LogP) is 3.39. The van der Waals surface area contributed by atoms with Gasteiger partial charge < -0.3 is 24.8 Å². The molecule has 0 spiro atoms. The van der Waals surface area contributed by atoms with Gasteiger partial charge in [0.15, 0.2) is 0 Å². The second-order valence-electron chi connectivity index (χ2n) is 6.62. The summed E-state index contributed by atoms with van der Waals surface area (Å²) in [5.41, 5.74) is 1.58. The van der Waals surface area contributed by atoms with Crippen LogP contribution in [0.25, 0.3) is 6.08 Å². The molecule has 2 aromatic rings. The molecule has 2 N–H and O–H groups in total. The zero-order chi connectivity index (χ0) is 23.5. The summed E-state index contributed by atoms with van der Waals surface area (Å²) in [6.45, 7) is 5.41. The number of hydrogen-bond donors (Lipinski definition) is 2. The van der Waals surface area contributed by atoms with Crippen LogP contribution in [0.4, 0.5) is 11.4 Å². The van der Waals surface area contributed by atoms with Gasteiger partial charge in [0.05, 0.1) is 24.5 Å². The maximum Gasteiger partial charge on any atom is 0.340 e. The quantitative estimate of drug-likeness (QED) is 0.255. The van der Waals surface area contributed by atoms with Gasteiger partial charge in [-0.1, -0.05) is 18.2 Å². The van der Waals surface area contributed by atoms with Crippen molar-refractivity contribution in [2.45, 2.75) is 6.92 Å². The van der Waals surface area contributed by atoms with Gasteiger partial charge in [-0.15, -0.1) is 6.58 Å². The van der Waals surface area contributed by atoms with Gasteiger partial charge in [-0.3, -0.25) is 9.59 Å². The number of carbonyl (C=O) groups excluding carboxylic acids is 3. The van der Waals surface area contributed by atoms with Gasteiger partial charge in [-0.2, -0.15) is 0 Å². The first kappa shape index (κ1) is 24.4. The number of anilines is 2. The third-order valence-electron chi connectivity index (χ3n) is 4.28. The average molecular weight is 438 g/mol. The van der Waals surface area contributed by atoms with E-state index >= 15 is 0 Å². The zero-order valence-corrected chi connectivity index (χ0v) is 18.0. The number of ether oxygens (including phenoxy) is 2. The molecule has 8 heteroatoms. The molecular weight excluding hydrogens is 412 g/mol. The van der Waals surface area contributed by atoms with Gasteiger partial charge in [0.2, 0.25) is 5.91 Å². The number of phenols is 1. The maximum atomic E-state index is 12.5. The fourth-order valence-electron chi connectivity index (χ4n) is 2.67. The van der Waals surface area contributed by atoms with Crippen molar-refractivity contribution in [3.8, 4) is 5.75 Å². The summed E-state index contributed by atoms with van der Waals surface area (Å²) >= 11 is 0. The SMILES string of the molecule is C=CCOCC(=O)N(C)c1cc(NC(=O)C=Cc2ccc(O)cc2)ccc1C(=O)OCC. The van der Waals surface area contributed by atoms with Crippen LogP contribution in [-0.4, -0.2) is 49.8 Å². The lowest BCUT2D eigenvalue weighted by atomic mass is 10.1. The van der Waals surface area contributed by atoms with Gasteiger partial charge in [0.25, 0.3) is 5.91 Å². The highest BCUT2D eigenvalue weighted by Gasteiger charge is 2.20. The molecule has 2 aromatic carbocycles. The summed E-state index contributed by atoms with van der Waals surface area (Å²) in [6, 6.07) is 10.9. The van der Waals surface area contributed by atoms with E-state index in [1.807, 2.05) is 0 Å². The molecule has 0 aromatic heterocycles. The highest BCUT2D eigenvalue weighted by atomic mass is 16.5. The van der Waals surface area contributed by atoms with Crippen LogP contribution in [0.1, 0.15) is 22.8 Å². The van der Waals surface area contributed by atoms with E-state index in [1.165, 1.54) is 48.4 Å². The number of carbonyl (C=O) groups is 3. The lowest BCUT2D eigenvalue weighted by Crippen LogP contribution is -2.31. The molecule has 0 fully saturated rings. The van der Waals surface area contributed by atoms with Crippen molar-refractivity contribution in [3.63, 3.8) is 0 Å². The van der Waals surface area contributed by atoms with Crippen LogP contribution in [0, 0.1) is 0 Å². The molecule has 0 unspecified atom stereocenters. The normalized spacial score (nSPS) is 10.6. The van der Waals surface area contributed by atoms with E-state index in [-0.39, 0.29) is 42.7 Å². The largest absolute Gasteiger partial charge is 0.508 e. The van der Waals surface area contributed by atoms with E-state index in [2.05, 4.69) is 11.9 Å². The first-order chi connectivity index (χ1) is 15.3. The van der Waals surface area contributed by atoms with Crippen molar-refractivity contribution in [1.82, 2.24) is 0 Å². The van der Waals surface area contributed by atoms with Crippen molar-refractivity contribution < 1.29 is 29.0 Å². The van der Waals surface area contributed by atoms with E-state index in [0.29, 0.717) is 5.69 Å². The molecule has 0 saturated heterocycles. The molecule has 8 nitrogen and oxygen atoms in total. The monoisotopic (exact) mass is 438 g/mol. The van der Waals surface area contributed by atoms with Gasteiger partial charge in [-0.25, -0.2) is 4.79 Å². The van der Waals surface area contributed by atoms with Crippen LogP contribution in [0.15, 0.2) is 61.2 Å². The Morgan fingerprint density at radius 2 is 1.88 bits per heavy atom. The number of aromatic hydroxyl groups is 1. The average Bonchev–Trinajstić information content (AvgIpc) is 2.78. The molecular formula is C24H26N2O6. The number of esters is 1. The number of likely N-dealkylation sites (N-methyl/N-ethyl adjacent to an activating group) is 1. The smallest absolute Gasteiger partial charge is 0.340 e. The second-order valence-corrected chi connectivity index (χ2v) is 6.62. The Morgan fingerprint density at radius 3 is 2.53 bits per heavy atom. The molecule has 2 rings (SSSR count). The van der Waals surface area contributed by atoms with E-state index in [1.54, 1.807) is 31.2 Å². The number of phenolic OH excluding ortho intramolecular Hbond substituents is 1. The summed E-state index contributed by atoms with van der Waals surface area (Å²) in [5.74, 6) is -1.24. The number of nitrogens with one attached hydrogen (secondary N) is 1.